The van der Waals surface area contributed by atoms with Crippen molar-refractivity contribution in [3.8, 4) is 0 Å². The van der Waals surface area contributed by atoms with Crippen molar-refractivity contribution in [2.24, 2.45) is 0 Å². The molecule has 0 bridgehead atoms. The van der Waals surface area contributed by atoms with Crippen LogP contribution in [-0.4, -0.2) is 22.6 Å². The van der Waals surface area contributed by atoms with Crippen molar-refractivity contribution >= 4 is 11.9 Å². The predicted octanol–water partition coefficient (Wildman–Crippen LogP) is -0.278. The fourth-order valence-electron chi connectivity index (χ4n) is 1.34. The molecule has 1 N–H and O–H groups in total. The van der Waals surface area contributed by atoms with Crippen molar-refractivity contribution < 1.29 is 14.4 Å². The molecule has 1 aliphatic heterocycles. The van der Waals surface area contributed by atoms with Crippen molar-refractivity contribution in [2.75, 3.05) is 0 Å². The van der Waals surface area contributed by atoms with Crippen LogP contribution in [0, 0.1) is 0 Å². The van der Waals surface area contributed by atoms with Gasteiger partial charge < -0.3 is 10.2 Å². The van der Waals surface area contributed by atoms with Crippen LogP contribution >= 0.6 is 0 Å². The van der Waals surface area contributed by atoms with Gasteiger partial charge in [0, 0.05) is 18.8 Å². The zero-order valence-electron chi connectivity index (χ0n) is 7.47. The van der Waals surface area contributed by atoms with Crippen LogP contribution < -0.4 is 10.2 Å². The quantitative estimate of drug-likeness (QED) is 0.704. The summed E-state index contributed by atoms with van der Waals surface area (Å²) in [5.74, 6) is -0.522. The molecule has 0 saturated carbocycles. The van der Waals surface area contributed by atoms with E-state index >= 15 is 0 Å². The largest absolute Gasteiger partial charge is 0.354 e. The number of hydrogen-bond donors (Lipinski definition) is 1. The van der Waals surface area contributed by atoms with Gasteiger partial charge in [0.15, 0.2) is 0 Å². The van der Waals surface area contributed by atoms with Gasteiger partial charge in [0.25, 0.3) is 0 Å². The zero-order valence-corrected chi connectivity index (χ0v) is 7.47. The molecular formula is C9H10N2O3. The smallest absolute Gasteiger partial charge is 0.343 e. The highest BCUT2D eigenvalue weighted by Gasteiger charge is 2.28. The summed E-state index contributed by atoms with van der Waals surface area (Å²) >= 11 is 0. The molecule has 1 atom stereocenters. The molecule has 0 aromatic carbocycles. The van der Waals surface area contributed by atoms with E-state index in [1.165, 1.54) is 4.73 Å². The van der Waals surface area contributed by atoms with Crippen LogP contribution in [0.4, 0.5) is 0 Å². The Balaban J connectivity index is 1.93. The Bertz CT molecular complexity index is 345. The van der Waals surface area contributed by atoms with Gasteiger partial charge in [-0.3, -0.25) is 4.79 Å². The predicted molar refractivity (Wildman–Crippen MR) is 47.2 cm³/mol. The van der Waals surface area contributed by atoms with Crippen LogP contribution in [-0.2, 0) is 9.59 Å². The van der Waals surface area contributed by atoms with Crippen molar-refractivity contribution in [3.63, 3.8) is 0 Å². The normalized spacial score (nSPS) is 20.6. The number of aromatic nitrogens is 1. The van der Waals surface area contributed by atoms with E-state index in [0.717, 1.165) is 0 Å². The Hall–Kier alpha value is -1.78. The number of carbonyl (C=O) groups excluding carboxylic acids is 2. The van der Waals surface area contributed by atoms with Gasteiger partial charge in [-0.25, -0.2) is 4.79 Å². The van der Waals surface area contributed by atoms with Gasteiger partial charge in [-0.2, -0.15) is 4.73 Å². The maximum absolute atomic E-state index is 11.4. The average Bonchev–Trinajstić information content (AvgIpc) is 2.75. The highest BCUT2D eigenvalue weighted by molar-refractivity contribution is 5.88. The fourth-order valence-corrected chi connectivity index (χ4v) is 1.34. The number of rotatable bonds is 2. The van der Waals surface area contributed by atoms with Crippen LogP contribution in [0.5, 0.6) is 0 Å². The van der Waals surface area contributed by atoms with Gasteiger partial charge in [-0.05, 0) is 18.6 Å². The van der Waals surface area contributed by atoms with Gasteiger partial charge in [0.05, 0.1) is 0 Å². The van der Waals surface area contributed by atoms with E-state index in [0.29, 0.717) is 12.8 Å². The first kappa shape index (κ1) is 8.80. The van der Waals surface area contributed by atoms with E-state index < -0.39 is 12.0 Å². The maximum Gasteiger partial charge on any atom is 0.354 e. The molecule has 5 nitrogen and oxygen atoms in total. The minimum absolute atomic E-state index is 0.0977. The molecule has 1 saturated heterocycles. The number of amides is 1. The number of hydrogen-bond acceptors (Lipinski definition) is 3. The summed E-state index contributed by atoms with van der Waals surface area (Å²) in [6.07, 6.45) is 4.15. The Morgan fingerprint density at radius 3 is 2.79 bits per heavy atom. The van der Waals surface area contributed by atoms with Crippen LogP contribution in [0.3, 0.4) is 0 Å². The molecule has 0 radical (unpaired) electrons. The summed E-state index contributed by atoms with van der Waals surface area (Å²) in [6.45, 7) is 0. The minimum Gasteiger partial charge on any atom is -0.343 e. The molecule has 0 aliphatic carbocycles. The molecule has 14 heavy (non-hydrogen) atoms. The van der Waals surface area contributed by atoms with Crippen molar-refractivity contribution in [1.29, 1.82) is 0 Å². The van der Waals surface area contributed by atoms with E-state index in [9.17, 15) is 9.59 Å². The van der Waals surface area contributed by atoms with Gasteiger partial charge in [-0.1, -0.05) is 0 Å². The van der Waals surface area contributed by atoms with Crippen LogP contribution in [0.2, 0.25) is 0 Å². The molecule has 1 fully saturated rings. The third kappa shape index (κ3) is 1.76. The molecule has 2 heterocycles. The summed E-state index contributed by atoms with van der Waals surface area (Å²) in [6, 6.07) is 3.01. The Kier molecular flexibility index (Phi) is 2.22. The van der Waals surface area contributed by atoms with E-state index in [-0.39, 0.29) is 5.91 Å². The number of nitrogens with one attached hydrogen (secondary N) is 1. The maximum atomic E-state index is 11.4. The number of nitrogens with zero attached hydrogens (tertiary/aromatic N) is 1. The SMILES string of the molecule is O=C1CCC(C(=O)On2cccc2)N1. The second kappa shape index (κ2) is 3.53. The summed E-state index contributed by atoms with van der Waals surface area (Å²) < 4.78 is 1.31. The van der Waals surface area contributed by atoms with Crippen molar-refractivity contribution in [2.45, 2.75) is 18.9 Å². The molecular weight excluding hydrogens is 184 g/mol. The molecule has 1 unspecified atom stereocenters. The topological polar surface area (TPSA) is 60.3 Å². The Morgan fingerprint density at radius 2 is 2.21 bits per heavy atom. The lowest BCUT2D eigenvalue weighted by molar-refractivity contribution is -0.147. The van der Waals surface area contributed by atoms with Crippen LogP contribution in [0.15, 0.2) is 24.5 Å². The second-order valence-electron chi connectivity index (χ2n) is 3.11. The zero-order chi connectivity index (χ0) is 9.97. The van der Waals surface area contributed by atoms with Gasteiger partial charge >= 0.3 is 5.97 Å². The molecule has 1 amide bonds. The minimum atomic E-state index is -0.495. The van der Waals surface area contributed by atoms with Crippen molar-refractivity contribution in [3.05, 3.63) is 24.5 Å². The first-order valence-corrected chi connectivity index (χ1v) is 4.40. The van der Waals surface area contributed by atoms with Gasteiger partial charge in [-0.15, -0.1) is 0 Å². The van der Waals surface area contributed by atoms with Crippen LogP contribution in [0.1, 0.15) is 12.8 Å². The molecule has 1 aromatic rings. The number of carbonyl (C=O) groups is 2. The van der Waals surface area contributed by atoms with Crippen LogP contribution in [0.25, 0.3) is 0 Å². The monoisotopic (exact) mass is 194 g/mol. The summed E-state index contributed by atoms with van der Waals surface area (Å²) in [5.41, 5.74) is 0. The molecule has 5 heteroatoms. The summed E-state index contributed by atoms with van der Waals surface area (Å²) in [5, 5.41) is 2.54. The van der Waals surface area contributed by atoms with E-state index in [1.54, 1.807) is 24.5 Å². The Morgan fingerprint density at radius 1 is 1.50 bits per heavy atom. The second-order valence-corrected chi connectivity index (χ2v) is 3.11. The first-order valence-electron chi connectivity index (χ1n) is 4.40. The third-order valence-electron chi connectivity index (χ3n) is 2.05. The molecule has 2 rings (SSSR count). The molecule has 74 valence electrons. The summed E-state index contributed by atoms with van der Waals surface area (Å²) in [7, 11) is 0. The van der Waals surface area contributed by atoms with Gasteiger partial charge in [0.2, 0.25) is 5.91 Å². The standard InChI is InChI=1S/C9H10N2O3/c12-8-4-3-7(10-8)9(13)14-11-5-1-2-6-11/h1-2,5-7H,3-4H2,(H,10,12). The fraction of sp³-hybridized carbons (Fsp3) is 0.333. The summed E-state index contributed by atoms with van der Waals surface area (Å²) in [4.78, 5) is 27.2. The molecule has 0 spiro atoms. The highest BCUT2D eigenvalue weighted by Crippen LogP contribution is 2.06. The third-order valence-corrected chi connectivity index (χ3v) is 2.05. The molecule has 1 aromatic heterocycles. The highest BCUT2D eigenvalue weighted by atomic mass is 16.7. The first-order chi connectivity index (χ1) is 6.75. The van der Waals surface area contributed by atoms with Gasteiger partial charge in [0.1, 0.15) is 6.04 Å². The van der Waals surface area contributed by atoms with E-state index in [2.05, 4.69) is 5.32 Å². The lowest BCUT2D eigenvalue weighted by Gasteiger charge is -2.09. The van der Waals surface area contributed by atoms with E-state index in [4.69, 9.17) is 4.84 Å². The lowest BCUT2D eigenvalue weighted by atomic mass is 10.2. The molecule has 1 aliphatic rings. The average molecular weight is 194 g/mol. The lowest BCUT2D eigenvalue weighted by Crippen LogP contribution is -2.38. The Labute approximate surface area is 80.6 Å². The van der Waals surface area contributed by atoms with E-state index in [1.807, 2.05) is 0 Å². The van der Waals surface area contributed by atoms with Crippen molar-refractivity contribution in [1.82, 2.24) is 10.0 Å².